The Morgan fingerprint density at radius 3 is 2.65 bits per heavy atom. The topological polar surface area (TPSA) is 20.3 Å². The predicted octanol–water partition coefficient (Wildman–Crippen LogP) is 4.03. The molecule has 0 radical (unpaired) electrons. The summed E-state index contributed by atoms with van der Waals surface area (Å²) in [5.41, 5.74) is 1.94. The van der Waals surface area contributed by atoms with Crippen LogP contribution in [0.15, 0.2) is 22.7 Å². The maximum absolute atomic E-state index is 10.7. The molecule has 0 N–H and O–H groups in total. The highest BCUT2D eigenvalue weighted by atomic mass is 79.9. The Kier molecular flexibility index (Phi) is 4.21. The molecule has 0 atom stereocenters. The molecule has 1 aromatic rings. The molecule has 0 spiro atoms. The SMILES string of the molecule is CCN(c1ccc(C=O)cc1Br)C1CCCC1. The summed E-state index contributed by atoms with van der Waals surface area (Å²) in [5.74, 6) is 0. The lowest BCUT2D eigenvalue weighted by molar-refractivity contribution is 0.112. The summed E-state index contributed by atoms with van der Waals surface area (Å²) in [7, 11) is 0. The van der Waals surface area contributed by atoms with Gasteiger partial charge in [-0.25, -0.2) is 0 Å². The largest absolute Gasteiger partial charge is 0.368 e. The molecule has 3 heteroatoms. The molecule has 0 saturated heterocycles. The number of aldehydes is 1. The molecule has 1 saturated carbocycles. The van der Waals surface area contributed by atoms with Crippen molar-refractivity contribution in [3.05, 3.63) is 28.2 Å². The maximum atomic E-state index is 10.7. The summed E-state index contributed by atoms with van der Waals surface area (Å²) in [6.07, 6.45) is 6.14. The Balaban J connectivity index is 2.26. The molecule has 0 unspecified atom stereocenters. The fourth-order valence-electron chi connectivity index (χ4n) is 2.67. The van der Waals surface area contributed by atoms with Gasteiger partial charge in [0.2, 0.25) is 0 Å². The van der Waals surface area contributed by atoms with Gasteiger partial charge in [-0.15, -0.1) is 0 Å². The van der Waals surface area contributed by atoms with Gasteiger partial charge in [-0.05, 0) is 53.9 Å². The number of rotatable bonds is 4. The van der Waals surface area contributed by atoms with Crippen molar-refractivity contribution in [2.24, 2.45) is 0 Å². The van der Waals surface area contributed by atoms with Crippen molar-refractivity contribution in [2.75, 3.05) is 11.4 Å². The van der Waals surface area contributed by atoms with E-state index in [2.05, 4.69) is 33.8 Å². The first-order chi connectivity index (χ1) is 8.26. The smallest absolute Gasteiger partial charge is 0.150 e. The summed E-state index contributed by atoms with van der Waals surface area (Å²) in [6.45, 7) is 3.21. The Hall–Kier alpha value is -0.830. The monoisotopic (exact) mass is 295 g/mol. The molecule has 0 bridgehead atoms. The van der Waals surface area contributed by atoms with Gasteiger partial charge in [0, 0.05) is 22.6 Å². The van der Waals surface area contributed by atoms with E-state index in [0.29, 0.717) is 6.04 Å². The van der Waals surface area contributed by atoms with Crippen LogP contribution in [-0.4, -0.2) is 18.9 Å². The zero-order valence-electron chi connectivity index (χ0n) is 10.2. The van der Waals surface area contributed by atoms with Crippen molar-refractivity contribution in [1.29, 1.82) is 0 Å². The number of hydrogen-bond donors (Lipinski definition) is 0. The number of halogens is 1. The fraction of sp³-hybridized carbons (Fsp3) is 0.500. The highest BCUT2D eigenvalue weighted by Gasteiger charge is 2.22. The third kappa shape index (κ3) is 2.71. The number of nitrogens with zero attached hydrogens (tertiary/aromatic N) is 1. The maximum Gasteiger partial charge on any atom is 0.150 e. The minimum Gasteiger partial charge on any atom is -0.368 e. The van der Waals surface area contributed by atoms with Gasteiger partial charge < -0.3 is 4.90 Å². The lowest BCUT2D eigenvalue weighted by atomic mass is 10.1. The van der Waals surface area contributed by atoms with Crippen LogP contribution < -0.4 is 4.90 Å². The van der Waals surface area contributed by atoms with Gasteiger partial charge in [0.1, 0.15) is 6.29 Å². The van der Waals surface area contributed by atoms with Crippen molar-refractivity contribution in [2.45, 2.75) is 38.6 Å². The molecule has 1 aromatic carbocycles. The Bertz CT molecular complexity index is 399. The Morgan fingerprint density at radius 2 is 2.12 bits per heavy atom. The first kappa shape index (κ1) is 12.6. The molecule has 92 valence electrons. The van der Waals surface area contributed by atoms with Crippen molar-refractivity contribution in [3.63, 3.8) is 0 Å². The van der Waals surface area contributed by atoms with Gasteiger partial charge in [0.05, 0.1) is 5.69 Å². The average molecular weight is 296 g/mol. The second kappa shape index (κ2) is 5.67. The minimum absolute atomic E-state index is 0.665. The standard InChI is InChI=1S/C14H18BrNO/c1-2-16(12-5-3-4-6-12)14-8-7-11(10-17)9-13(14)15/h7-10,12H,2-6H2,1H3. The van der Waals surface area contributed by atoms with E-state index in [1.54, 1.807) is 0 Å². The van der Waals surface area contributed by atoms with E-state index in [0.717, 1.165) is 22.9 Å². The van der Waals surface area contributed by atoms with E-state index < -0.39 is 0 Å². The second-order valence-corrected chi connectivity index (χ2v) is 5.41. The van der Waals surface area contributed by atoms with E-state index in [4.69, 9.17) is 0 Å². The van der Waals surface area contributed by atoms with E-state index in [1.807, 2.05) is 12.1 Å². The predicted molar refractivity (Wildman–Crippen MR) is 74.8 cm³/mol. The summed E-state index contributed by atoms with van der Waals surface area (Å²) in [4.78, 5) is 13.2. The number of hydrogen-bond acceptors (Lipinski definition) is 2. The minimum atomic E-state index is 0.665. The summed E-state index contributed by atoms with van der Waals surface area (Å²) < 4.78 is 1.02. The molecule has 0 amide bonds. The normalized spacial score (nSPS) is 16.1. The summed E-state index contributed by atoms with van der Waals surface area (Å²) >= 11 is 3.58. The molecule has 17 heavy (non-hydrogen) atoms. The lowest BCUT2D eigenvalue weighted by Gasteiger charge is -2.31. The first-order valence-electron chi connectivity index (χ1n) is 6.27. The van der Waals surface area contributed by atoms with E-state index in [-0.39, 0.29) is 0 Å². The molecule has 0 aliphatic heterocycles. The lowest BCUT2D eigenvalue weighted by Crippen LogP contribution is -2.33. The van der Waals surface area contributed by atoms with Gasteiger partial charge in [0.25, 0.3) is 0 Å². The van der Waals surface area contributed by atoms with Gasteiger partial charge in [0.15, 0.2) is 0 Å². The van der Waals surface area contributed by atoms with Crippen LogP contribution in [0.1, 0.15) is 43.0 Å². The third-order valence-corrected chi connectivity index (χ3v) is 4.16. The van der Waals surface area contributed by atoms with Crippen molar-refractivity contribution < 1.29 is 4.79 Å². The number of anilines is 1. The highest BCUT2D eigenvalue weighted by molar-refractivity contribution is 9.10. The highest BCUT2D eigenvalue weighted by Crippen LogP contribution is 2.33. The van der Waals surface area contributed by atoms with Gasteiger partial charge in [-0.1, -0.05) is 12.8 Å². The number of benzene rings is 1. The zero-order valence-corrected chi connectivity index (χ0v) is 11.7. The molecule has 0 aromatic heterocycles. The second-order valence-electron chi connectivity index (χ2n) is 4.55. The molecule has 1 aliphatic carbocycles. The van der Waals surface area contributed by atoms with E-state index in [1.165, 1.54) is 31.4 Å². The first-order valence-corrected chi connectivity index (χ1v) is 7.07. The van der Waals surface area contributed by atoms with Crippen molar-refractivity contribution in [1.82, 2.24) is 0 Å². The van der Waals surface area contributed by atoms with Crippen LogP contribution in [0.25, 0.3) is 0 Å². The Labute approximate surface area is 111 Å². The van der Waals surface area contributed by atoms with Crippen LogP contribution in [0, 0.1) is 0 Å². The van der Waals surface area contributed by atoms with Crippen LogP contribution in [0.4, 0.5) is 5.69 Å². The summed E-state index contributed by atoms with van der Waals surface area (Å²) in [6, 6.07) is 6.51. The number of carbonyl (C=O) groups excluding carboxylic acids is 1. The molecule has 2 nitrogen and oxygen atoms in total. The fourth-order valence-corrected chi connectivity index (χ4v) is 3.29. The van der Waals surface area contributed by atoms with Crippen LogP contribution in [0.3, 0.4) is 0 Å². The average Bonchev–Trinajstić information content (AvgIpc) is 2.85. The number of carbonyl (C=O) groups is 1. The van der Waals surface area contributed by atoms with Crippen LogP contribution in [-0.2, 0) is 0 Å². The molecule has 0 heterocycles. The van der Waals surface area contributed by atoms with E-state index in [9.17, 15) is 4.79 Å². The Morgan fingerprint density at radius 1 is 1.41 bits per heavy atom. The van der Waals surface area contributed by atoms with E-state index >= 15 is 0 Å². The van der Waals surface area contributed by atoms with Gasteiger partial charge in [-0.2, -0.15) is 0 Å². The van der Waals surface area contributed by atoms with Gasteiger partial charge in [-0.3, -0.25) is 4.79 Å². The zero-order chi connectivity index (χ0) is 12.3. The molecule has 1 aliphatic rings. The third-order valence-electron chi connectivity index (χ3n) is 3.52. The summed E-state index contributed by atoms with van der Waals surface area (Å²) in [5, 5.41) is 0. The molecular weight excluding hydrogens is 278 g/mol. The molecule has 2 rings (SSSR count). The van der Waals surface area contributed by atoms with Crippen molar-refractivity contribution >= 4 is 27.9 Å². The van der Waals surface area contributed by atoms with Crippen LogP contribution in [0.2, 0.25) is 0 Å². The van der Waals surface area contributed by atoms with Crippen LogP contribution >= 0.6 is 15.9 Å². The molecule has 1 fully saturated rings. The van der Waals surface area contributed by atoms with Crippen LogP contribution in [0.5, 0.6) is 0 Å². The molecular formula is C14H18BrNO. The van der Waals surface area contributed by atoms with Gasteiger partial charge >= 0.3 is 0 Å². The quantitative estimate of drug-likeness (QED) is 0.782. The van der Waals surface area contributed by atoms with Crippen molar-refractivity contribution in [3.8, 4) is 0 Å².